The average Bonchev–Trinajstić information content (AvgIpc) is 2.63. The predicted molar refractivity (Wildman–Crippen MR) is 51.2 cm³/mol. The summed E-state index contributed by atoms with van der Waals surface area (Å²) in [7, 11) is 0. The van der Waals surface area contributed by atoms with Gasteiger partial charge in [-0.25, -0.2) is 4.98 Å². The number of nitrogens with two attached hydrogens (primary N) is 2. The maximum absolute atomic E-state index is 5.80. The molecule has 68 valence electrons. The fourth-order valence-corrected chi connectivity index (χ4v) is 1.29. The second kappa shape index (κ2) is 3.16. The van der Waals surface area contributed by atoms with Crippen LogP contribution in [0.15, 0.2) is 30.7 Å². The van der Waals surface area contributed by atoms with Gasteiger partial charge in [-0.15, -0.1) is 0 Å². The van der Waals surface area contributed by atoms with Crippen molar-refractivity contribution in [3.8, 4) is 0 Å². The molecule has 0 amide bonds. The van der Waals surface area contributed by atoms with Crippen LogP contribution >= 0.6 is 0 Å². The topological polar surface area (TPSA) is 69.3 Å². The van der Waals surface area contributed by atoms with Crippen molar-refractivity contribution in [1.82, 2.24) is 9.38 Å². The van der Waals surface area contributed by atoms with Crippen LogP contribution in [0.4, 0.5) is 0 Å². The summed E-state index contributed by atoms with van der Waals surface area (Å²) < 4.78 is 1.94. The molecule has 0 spiro atoms. The van der Waals surface area contributed by atoms with Gasteiger partial charge in [-0.1, -0.05) is 6.07 Å². The lowest BCUT2D eigenvalue weighted by molar-refractivity contribution is 0.731. The number of nitrogens with zero attached hydrogens (tertiary/aromatic N) is 2. The maximum Gasteiger partial charge on any atom is 0.136 e. The summed E-state index contributed by atoms with van der Waals surface area (Å²) >= 11 is 0. The SMILES string of the molecule is NC[C@H](N)c1ccc2nccn2c1. The quantitative estimate of drug-likeness (QED) is 0.691. The Morgan fingerprint density at radius 3 is 3.08 bits per heavy atom. The first-order valence-corrected chi connectivity index (χ1v) is 4.19. The third kappa shape index (κ3) is 1.41. The number of aromatic nitrogens is 2. The van der Waals surface area contributed by atoms with Gasteiger partial charge in [0.25, 0.3) is 0 Å². The molecule has 0 fully saturated rings. The number of hydrogen-bond acceptors (Lipinski definition) is 3. The molecule has 0 bridgehead atoms. The fourth-order valence-electron chi connectivity index (χ4n) is 1.29. The van der Waals surface area contributed by atoms with E-state index in [9.17, 15) is 0 Å². The van der Waals surface area contributed by atoms with Crippen molar-refractivity contribution in [3.05, 3.63) is 36.3 Å². The third-order valence-electron chi connectivity index (χ3n) is 2.09. The van der Waals surface area contributed by atoms with E-state index in [-0.39, 0.29) is 6.04 Å². The normalized spacial score (nSPS) is 13.4. The maximum atomic E-state index is 5.80. The van der Waals surface area contributed by atoms with Crippen LogP contribution in [0.1, 0.15) is 11.6 Å². The van der Waals surface area contributed by atoms with Gasteiger partial charge in [-0.2, -0.15) is 0 Å². The Balaban J connectivity index is 2.48. The highest BCUT2D eigenvalue weighted by Gasteiger charge is 2.03. The largest absolute Gasteiger partial charge is 0.329 e. The molecule has 0 unspecified atom stereocenters. The summed E-state index contributed by atoms with van der Waals surface area (Å²) in [6, 6.07) is 3.80. The van der Waals surface area contributed by atoms with Gasteiger partial charge in [0.15, 0.2) is 0 Å². The molecule has 4 N–H and O–H groups in total. The van der Waals surface area contributed by atoms with Crippen LogP contribution < -0.4 is 11.5 Å². The Bertz CT molecular complexity index is 407. The minimum absolute atomic E-state index is 0.0909. The zero-order chi connectivity index (χ0) is 9.26. The fraction of sp³-hybridized carbons (Fsp3) is 0.222. The molecule has 0 aliphatic heterocycles. The molecule has 0 radical (unpaired) electrons. The molecule has 1 atom stereocenters. The van der Waals surface area contributed by atoms with E-state index in [2.05, 4.69) is 4.98 Å². The lowest BCUT2D eigenvalue weighted by Gasteiger charge is -2.08. The third-order valence-corrected chi connectivity index (χ3v) is 2.09. The Kier molecular flexibility index (Phi) is 2.00. The van der Waals surface area contributed by atoms with Crippen molar-refractivity contribution in [2.45, 2.75) is 6.04 Å². The van der Waals surface area contributed by atoms with Crippen LogP contribution in [0, 0.1) is 0 Å². The molecule has 2 heterocycles. The summed E-state index contributed by atoms with van der Waals surface area (Å²) in [6.07, 6.45) is 5.61. The van der Waals surface area contributed by atoms with Gasteiger partial charge in [0.1, 0.15) is 5.65 Å². The average molecular weight is 176 g/mol. The van der Waals surface area contributed by atoms with Crippen molar-refractivity contribution < 1.29 is 0 Å². The van der Waals surface area contributed by atoms with Crippen LogP contribution in [0.25, 0.3) is 5.65 Å². The van der Waals surface area contributed by atoms with Gasteiger partial charge < -0.3 is 15.9 Å². The van der Waals surface area contributed by atoms with Crippen molar-refractivity contribution in [3.63, 3.8) is 0 Å². The summed E-state index contributed by atoms with van der Waals surface area (Å²) in [5.74, 6) is 0. The Hall–Kier alpha value is -1.39. The number of rotatable bonds is 2. The monoisotopic (exact) mass is 176 g/mol. The molecule has 2 aromatic rings. The minimum atomic E-state index is -0.0909. The predicted octanol–water partition coefficient (Wildman–Crippen LogP) is 0.293. The van der Waals surface area contributed by atoms with Gasteiger partial charge in [0.05, 0.1) is 0 Å². The molecule has 4 nitrogen and oxygen atoms in total. The van der Waals surface area contributed by atoms with Crippen LogP contribution in [-0.2, 0) is 0 Å². The summed E-state index contributed by atoms with van der Waals surface area (Å²) in [5.41, 5.74) is 13.2. The smallest absolute Gasteiger partial charge is 0.136 e. The lowest BCUT2D eigenvalue weighted by Crippen LogP contribution is -2.20. The van der Waals surface area contributed by atoms with E-state index in [0.29, 0.717) is 6.54 Å². The van der Waals surface area contributed by atoms with Gasteiger partial charge in [-0.05, 0) is 11.6 Å². The highest BCUT2D eigenvalue weighted by molar-refractivity contribution is 5.40. The van der Waals surface area contributed by atoms with Gasteiger partial charge in [-0.3, -0.25) is 0 Å². The zero-order valence-corrected chi connectivity index (χ0v) is 7.22. The molecule has 4 heteroatoms. The minimum Gasteiger partial charge on any atom is -0.329 e. The molecule has 0 saturated heterocycles. The molecule has 2 aromatic heterocycles. The number of imidazole rings is 1. The standard InChI is InChI=1S/C9H12N4/c10-5-8(11)7-1-2-9-12-3-4-13(9)6-7/h1-4,6,8H,5,10-11H2/t8-/m0/s1. The lowest BCUT2D eigenvalue weighted by atomic mass is 10.1. The van der Waals surface area contributed by atoms with E-state index < -0.39 is 0 Å². The van der Waals surface area contributed by atoms with Crippen molar-refractivity contribution in [2.75, 3.05) is 6.54 Å². The van der Waals surface area contributed by atoms with E-state index in [1.807, 2.05) is 28.9 Å². The van der Waals surface area contributed by atoms with E-state index in [1.54, 1.807) is 6.20 Å². The first-order chi connectivity index (χ1) is 6.31. The second-order valence-electron chi connectivity index (χ2n) is 3.00. The molecule has 0 aliphatic carbocycles. The summed E-state index contributed by atoms with van der Waals surface area (Å²) in [4.78, 5) is 4.14. The molecule has 0 saturated carbocycles. The van der Waals surface area contributed by atoms with Crippen molar-refractivity contribution >= 4 is 5.65 Å². The molecule has 0 aliphatic rings. The van der Waals surface area contributed by atoms with E-state index >= 15 is 0 Å². The first-order valence-electron chi connectivity index (χ1n) is 4.19. The summed E-state index contributed by atoms with van der Waals surface area (Å²) in [5, 5.41) is 0. The Morgan fingerprint density at radius 2 is 2.31 bits per heavy atom. The van der Waals surface area contributed by atoms with Crippen LogP contribution in [0.5, 0.6) is 0 Å². The van der Waals surface area contributed by atoms with Gasteiger partial charge >= 0.3 is 0 Å². The van der Waals surface area contributed by atoms with Gasteiger partial charge in [0, 0.05) is 31.2 Å². The van der Waals surface area contributed by atoms with Gasteiger partial charge in [0.2, 0.25) is 0 Å². The molecule has 13 heavy (non-hydrogen) atoms. The van der Waals surface area contributed by atoms with Crippen molar-refractivity contribution in [1.29, 1.82) is 0 Å². The number of fused-ring (bicyclic) bond motifs is 1. The molecule has 0 aromatic carbocycles. The van der Waals surface area contributed by atoms with Crippen LogP contribution in [0.3, 0.4) is 0 Å². The highest BCUT2D eigenvalue weighted by Crippen LogP contribution is 2.10. The highest BCUT2D eigenvalue weighted by atomic mass is 15.0. The summed E-state index contributed by atoms with van der Waals surface area (Å²) in [6.45, 7) is 0.459. The van der Waals surface area contributed by atoms with E-state index in [0.717, 1.165) is 11.2 Å². The zero-order valence-electron chi connectivity index (χ0n) is 7.22. The second-order valence-corrected chi connectivity index (χ2v) is 3.00. The number of pyridine rings is 1. The van der Waals surface area contributed by atoms with E-state index in [4.69, 9.17) is 11.5 Å². The number of hydrogen-bond donors (Lipinski definition) is 2. The van der Waals surface area contributed by atoms with Crippen LogP contribution in [0.2, 0.25) is 0 Å². The molecular weight excluding hydrogens is 164 g/mol. The van der Waals surface area contributed by atoms with Crippen LogP contribution in [-0.4, -0.2) is 15.9 Å². The first kappa shape index (κ1) is 8.22. The van der Waals surface area contributed by atoms with E-state index in [1.165, 1.54) is 0 Å². The molecular formula is C9H12N4. The molecule has 2 rings (SSSR count). The Morgan fingerprint density at radius 1 is 1.46 bits per heavy atom. The Labute approximate surface area is 76.2 Å². The van der Waals surface area contributed by atoms with Crippen molar-refractivity contribution in [2.24, 2.45) is 11.5 Å².